The molecule has 6 heteroatoms. The molecule has 160 valence electrons. The number of hydrogen-bond donors (Lipinski definition) is 1. The number of rotatable bonds is 4. The van der Waals surface area contributed by atoms with Gasteiger partial charge in [0.05, 0.1) is 6.04 Å². The van der Waals surface area contributed by atoms with E-state index in [0.717, 1.165) is 34.1 Å². The number of nitrogens with one attached hydrogen (secondary N) is 1. The van der Waals surface area contributed by atoms with Gasteiger partial charge in [0.1, 0.15) is 5.41 Å². The molecule has 2 fully saturated rings. The minimum atomic E-state index is -0.886. The quantitative estimate of drug-likeness (QED) is 0.552. The van der Waals surface area contributed by atoms with E-state index in [2.05, 4.69) is 34.7 Å². The molecule has 1 spiro atoms. The topological polar surface area (TPSA) is 49.4 Å². The predicted octanol–water partition coefficient (Wildman–Crippen LogP) is 5.66. The molecule has 2 aromatic carbocycles. The lowest BCUT2D eigenvalue weighted by molar-refractivity contribution is -0.147. The van der Waals surface area contributed by atoms with E-state index in [1.807, 2.05) is 47.4 Å². The van der Waals surface area contributed by atoms with Crippen molar-refractivity contribution in [2.45, 2.75) is 43.6 Å². The molecule has 5 rings (SSSR count). The van der Waals surface area contributed by atoms with Gasteiger partial charge in [0.15, 0.2) is 0 Å². The summed E-state index contributed by atoms with van der Waals surface area (Å²) in [5, 5.41) is 3.76. The number of likely N-dealkylation sites (tertiary alicyclic amines) is 1. The number of anilines is 1. The van der Waals surface area contributed by atoms with E-state index in [4.69, 9.17) is 11.6 Å². The van der Waals surface area contributed by atoms with Gasteiger partial charge in [0.25, 0.3) is 0 Å². The summed E-state index contributed by atoms with van der Waals surface area (Å²) >= 11 is 9.89. The average Bonchev–Trinajstić information content (AvgIpc) is 3.40. The van der Waals surface area contributed by atoms with E-state index in [0.29, 0.717) is 11.6 Å². The lowest BCUT2D eigenvalue weighted by Crippen LogP contribution is -2.66. The number of halogens is 2. The highest BCUT2D eigenvalue weighted by Gasteiger charge is 2.69. The van der Waals surface area contributed by atoms with Crippen LogP contribution in [0.5, 0.6) is 0 Å². The average molecular weight is 500 g/mol. The standard InChI is InChI=1S/C25H24BrClN2O2/c1-3-11-29-21(30)14-19(15-5-4-6-17(27)12-15)25(22(29)24(2)9-10-24)18-8-7-16(26)13-20(18)28-23(25)31/h3-8,12-13,19,22H,1,9-11,14H2,2H3,(H,28,31)/t19-,22+,25-/m0/s1. The predicted molar refractivity (Wildman–Crippen MR) is 126 cm³/mol. The number of benzene rings is 2. The highest BCUT2D eigenvalue weighted by Crippen LogP contribution is 2.64. The van der Waals surface area contributed by atoms with Crippen molar-refractivity contribution in [3.63, 3.8) is 0 Å². The smallest absolute Gasteiger partial charge is 0.237 e. The number of carbonyl (C=O) groups is 2. The Kier molecular flexibility index (Phi) is 4.83. The summed E-state index contributed by atoms with van der Waals surface area (Å²) in [6.07, 6.45) is 3.99. The van der Waals surface area contributed by atoms with Crippen molar-refractivity contribution in [2.75, 3.05) is 11.9 Å². The molecule has 0 radical (unpaired) electrons. The number of piperidine rings is 1. The number of nitrogens with zero attached hydrogens (tertiary/aromatic N) is 1. The molecule has 4 nitrogen and oxygen atoms in total. The van der Waals surface area contributed by atoms with Crippen LogP contribution in [0.25, 0.3) is 0 Å². The molecule has 2 aromatic rings. The van der Waals surface area contributed by atoms with Gasteiger partial charge in [-0.15, -0.1) is 6.58 Å². The molecule has 0 bridgehead atoms. The van der Waals surface area contributed by atoms with Crippen molar-refractivity contribution in [3.05, 3.63) is 75.7 Å². The largest absolute Gasteiger partial charge is 0.334 e. The van der Waals surface area contributed by atoms with Gasteiger partial charge < -0.3 is 10.2 Å². The molecule has 2 heterocycles. The van der Waals surface area contributed by atoms with E-state index in [-0.39, 0.29) is 35.6 Å². The van der Waals surface area contributed by atoms with Crippen LogP contribution >= 0.6 is 27.5 Å². The second-order valence-corrected chi connectivity index (χ2v) is 10.6. The summed E-state index contributed by atoms with van der Waals surface area (Å²) in [5.74, 6) is -0.276. The number of carbonyl (C=O) groups excluding carboxylic acids is 2. The van der Waals surface area contributed by atoms with Gasteiger partial charge >= 0.3 is 0 Å². The van der Waals surface area contributed by atoms with Crippen LogP contribution in [0.4, 0.5) is 5.69 Å². The lowest BCUT2D eigenvalue weighted by Gasteiger charge is -2.53. The molecule has 3 atom stereocenters. The van der Waals surface area contributed by atoms with Gasteiger partial charge in [-0.2, -0.15) is 0 Å². The summed E-state index contributed by atoms with van der Waals surface area (Å²) in [6.45, 7) is 6.52. The van der Waals surface area contributed by atoms with Gasteiger partial charge in [-0.1, -0.05) is 58.7 Å². The second kappa shape index (κ2) is 7.21. The van der Waals surface area contributed by atoms with Crippen LogP contribution in [-0.4, -0.2) is 29.3 Å². The molecular weight excluding hydrogens is 476 g/mol. The third-order valence-corrected chi connectivity index (χ3v) is 8.05. The summed E-state index contributed by atoms with van der Waals surface area (Å²) in [4.78, 5) is 29.4. The van der Waals surface area contributed by atoms with Crippen molar-refractivity contribution in [1.82, 2.24) is 4.90 Å². The Bertz CT molecular complexity index is 1110. The number of fused-ring (bicyclic) bond motifs is 2. The molecule has 1 saturated carbocycles. The van der Waals surface area contributed by atoms with Crippen molar-refractivity contribution >= 4 is 45.0 Å². The highest BCUT2D eigenvalue weighted by atomic mass is 79.9. The van der Waals surface area contributed by atoms with Crippen molar-refractivity contribution < 1.29 is 9.59 Å². The minimum absolute atomic E-state index is 0.0368. The molecule has 3 aliphatic rings. The molecular formula is C25H24BrClN2O2. The first-order valence-electron chi connectivity index (χ1n) is 10.6. The summed E-state index contributed by atoms with van der Waals surface area (Å²) in [6, 6.07) is 13.3. The Labute approximate surface area is 195 Å². The van der Waals surface area contributed by atoms with Crippen LogP contribution in [-0.2, 0) is 15.0 Å². The molecule has 31 heavy (non-hydrogen) atoms. The maximum atomic E-state index is 14.0. The third-order valence-electron chi connectivity index (χ3n) is 7.32. The zero-order valence-corrected chi connectivity index (χ0v) is 19.7. The third kappa shape index (κ3) is 3.00. The molecule has 1 N–H and O–H groups in total. The van der Waals surface area contributed by atoms with E-state index >= 15 is 0 Å². The van der Waals surface area contributed by atoms with Gasteiger partial charge in [0, 0.05) is 34.1 Å². The van der Waals surface area contributed by atoms with Crippen LogP contribution in [0.15, 0.2) is 59.6 Å². The van der Waals surface area contributed by atoms with Crippen molar-refractivity contribution in [1.29, 1.82) is 0 Å². The van der Waals surface area contributed by atoms with Crippen molar-refractivity contribution in [2.24, 2.45) is 5.41 Å². The highest BCUT2D eigenvalue weighted by molar-refractivity contribution is 9.10. The first-order chi connectivity index (χ1) is 14.8. The second-order valence-electron chi connectivity index (χ2n) is 9.22. The van der Waals surface area contributed by atoms with Gasteiger partial charge in [-0.3, -0.25) is 9.59 Å². The Morgan fingerprint density at radius 3 is 2.71 bits per heavy atom. The lowest BCUT2D eigenvalue weighted by atomic mass is 9.56. The molecule has 2 amide bonds. The summed E-state index contributed by atoms with van der Waals surface area (Å²) in [7, 11) is 0. The maximum Gasteiger partial charge on any atom is 0.237 e. The Morgan fingerprint density at radius 2 is 2.03 bits per heavy atom. The Morgan fingerprint density at radius 1 is 1.26 bits per heavy atom. The van der Waals surface area contributed by atoms with Crippen LogP contribution < -0.4 is 5.32 Å². The zero-order chi connectivity index (χ0) is 22.0. The Hall–Kier alpha value is -2.11. The van der Waals surface area contributed by atoms with Crippen LogP contribution in [0.3, 0.4) is 0 Å². The summed E-state index contributed by atoms with van der Waals surface area (Å²) < 4.78 is 0.909. The van der Waals surface area contributed by atoms with Crippen LogP contribution in [0, 0.1) is 5.41 Å². The van der Waals surface area contributed by atoms with Gasteiger partial charge in [0.2, 0.25) is 11.8 Å². The molecule has 2 aliphatic heterocycles. The Balaban J connectivity index is 1.81. The molecule has 1 saturated heterocycles. The van der Waals surface area contributed by atoms with Gasteiger partial charge in [-0.25, -0.2) is 0 Å². The fourth-order valence-electron chi connectivity index (χ4n) is 5.83. The van der Waals surface area contributed by atoms with E-state index in [1.54, 1.807) is 6.08 Å². The van der Waals surface area contributed by atoms with E-state index in [9.17, 15) is 9.59 Å². The zero-order valence-electron chi connectivity index (χ0n) is 17.3. The summed E-state index contributed by atoms with van der Waals surface area (Å²) in [5.41, 5.74) is 1.70. The SMILES string of the molecule is C=CCN1C(=O)C[C@@H](c2cccc(Cl)c2)[C@]2(C(=O)Nc3cc(Br)ccc32)[C@H]1C1(C)CC1. The van der Waals surface area contributed by atoms with Gasteiger partial charge in [-0.05, 0) is 53.6 Å². The van der Waals surface area contributed by atoms with E-state index in [1.165, 1.54) is 0 Å². The number of hydrogen-bond acceptors (Lipinski definition) is 2. The maximum absolute atomic E-state index is 14.0. The first-order valence-corrected chi connectivity index (χ1v) is 11.8. The van der Waals surface area contributed by atoms with Crippen molar-refractivity contribution in [3.8, 4) is 0 Å². The normalized spacial score (nSPS) is 28.4. The van der Waals surface area contributed by atoms with Crippen LogP contribution in [0.2, 0.25) is 5.02 Å². The molecule has 1 aliphatic carbocycles. The molecule has 0 aromatic heterocycles. The number of amides is 2. The van der Waals surface area contributed by atoms with Crippen LogP contribution in [0.1, 0.15) is 43.2 Å². The molecule has 0 unspecified atom stereocenters. The monoisotopic (exact) mass is 498 g/mol. The first kappa shape index (κ1) is 20.8. The fourth-order valence-corrected chi connectivity index (χ4v) is 6.39. The minimum Gasteiger partial charge on any atom is -0.334 e. The fraction of sp³-hybridized carbons (Fsp3) is 0.360. The van der Waals surface area contributed by atoms with E-state index < -0.39 is 5.41 Å².